The van der Waals surface area contributed by atoms with Crippen molar-refractivity contribution in [2.24, 2.45) is 5.73 Å². The van der Waals surface area contributed by atoms with Crippen LogP contribution in [-0.2, 0) is 0 Å². The van der Waals surface area contributed by atoms with E-state index < -0.39 is 0 Å². The van der Waals surface area contributed by atoms with E-state index in [1.807, 2.05) is 13.0 Å². The van der Waals surface area contributed by atoms with Gasteiger partial charge in [-0.25, -0.2) is 0 Å². The second kappa shape index (κ2) is 4.29. The summed E-state index contributed by atoms with van der Waals surface area (Å²) in [7, 11) is 0. The SMILES string of the molecule is CC(N)C(C)Sc1cc2ccccc2[nH]1. The number of H-pyrrole nitrogens is 1. The summed E-state index contributed by atoms with van der Waals surface area (Å²) in [5.41, 5.74) is 7.03. The molecular formula is C12H16N2S. The number of hydrogen-bond donors (Lipinski definition) is 2. The van der Waals surface area contributed by atoms with Crippen molar-refractivity contribution in [1.82, 2.24) is 4.98 Å². The van der Waals surface area contributed by atoms with Gasteiger partial charge in [-0.3, -0.25) is 0 Å². The van der Waals surface area contributed by atoms with Gasteiger partial charge in [-0.1, -0.05) is 25.1 Å². The molecule has 3 N–H and O–H groups in total. The smallest absolute Gasteiger partial charge is 0.0735 e. The number of benzene rings is 1. The Labute approximate surface area is 94.2 Å². The molecule has 3 heteroatoms. The van der Waals surface area contributed by atoms with Gasteiger partial charge in [-0.2, -0.15) is 0 Å². The number of aromatic nitrogens is 1. The topological polar surface area (TPSA) is 41.8 Å². The zero-order valence-electron chi connectivity index (χ0n) is 9.03. The largest absolute Gasteiger partial charge is 0.350 e. The first kappa shape index (κ1) is 10.6. The minimum Gasteiger partial charge on any atom is -0.350 e. The van der Waals surface area contributed by atoms with Gasteiger partial charge >= 0.3 is 0 Å². The number of rotatable bonds is 3. The molecule has 0 aliphatic carbocycles. The lowest BCUT2D eigenvalue weighted by Gasteiger charge is -2.13. The van der Waals surface area contributed by atoms with E-state index in [1.165, 1.54) is 15.9 Å². The summed E-state index contributed by atoms with van der Waals surface area (Å²) >= 11 is 1.80. The van der Waals surface area contributed by atoms with Gasteiger partial charge in [0.25, 0.3) is 0 Å². The molecule has 0 fully saturated rings. The van der Waals surface area contributed by atoms with Gasteiger partial charge in [0.1, 0.15) is 0 Å². The molecule has 0 aliphatic heterocycles. The highest BCUT2D eigenvalue weighted by Gasteiger charge is 2.10. The number of thioether (sulfide) groups is 1. The zero-order chi connectivity index (χ0) is 10.8. The molecule has 0 amide bonds. The van der Waals surface area contributed by atoms with Crippen LogP contribution in [0, 0.1) is 0 Å². The minimum atomic E-state index is 0.210. The van der Waals surface area contributed by atoms with Gasteiger partial charge in [-0.15, -0.1) is 11.8 Å². The number of nitrogens with one attached hydrogen (secondary N) is 1. The van der Waals surface area contributed by atoms with E-state index in [1.54, 1.807) is 11.8 Å². The van der Waals surface area contributed by atoms with Crippen molar-refractivity contribution in [3.63, 3.8) is 0 Å². The van der Waals surface area contributed by atoms with Crippen molar-refractivity contribution in [2.45, 2.75) is 30.2 Å². The summed E-state index contributed by atoms with van der Waals surface area (Å²) in [6.45, 7) is 4.20. The van der Waals surface area contributed by atoms with Crippen LogP contribution in [0.4, 0.5) is 0 Å². The average molecular weight is 220 g/mol. The Morgan fingerprint density at radius 2 is 2.00 bits per heavy atom. The van der Waals surface area contributed by atoms with E-state index >= 15 is 0 Å². The molecule has 0 spiro atoms. The third kappa shape index (κ3) is 2.36. The van der Waals surface area contributed by atoms with Gasteiger partial charge in [-0.05, 0) is 19.1 Å². The Hall–Kier alpha value is -0.930. The lowest BCUT2D eigenvalue weighted by atomic mass is 10.3. The van der Waals surface area contributed by atoms with Crippen LogP contribution in [0.15, 0.2) is 35.4 Å². The fraction of sp³-hybridized carbons (Fsp3) is 0.333. The molecule has 2 unspecified atom stereocenters. The Bertz CT molecular complexity index is 415. The van der Waals surface area contributed by atoms with Crippen LogP contribution >= 0.6 is 11.8 Å². The van der Waals surface area contributed by atoms with Crippen molar-refractivity contribution < 1.29 is 0 Å². The summed E-state index contributed by atoms with van der Waals surface area (Å²) in [6.07, 6.45) is 0. The van der Waals surface area contributed by atoms with Gasteiger partial charge in [0.2, 0.25) is 0 Å². The molecule has 0 bridgehead atoms. The van der Waals surface area contributed by atoms with Crippen LogP contribution in [0.1, 0.15) is 13.8 Å². The van der Waals surface area contributed by atoms with E-state index in [-0.39, 0.29) is 6.04 Å². The summed E-state index contributed by atoms with van der Waals surface area (Å²) in [5, 5.41) is 2.89. The van der Waals surface area contributed by atoms with Gasteiger partial charge in [0.05, 0.1) is 5.03 Å². The molecule has 1 aromatic heterocycles. The first-order chi connectivity index (χ1) is 7.16. The molecule has 2 nitrogen and oxygen atoms in total. The molecular weight excluding hydrogens is 204 g/mol. The third-order valence-electron chi connectivity index (χ3n) is 2.56. The highest BCUT2D eigenvalue weighted by Crippen LogP contribution is 2.27. The average Bonchev–Trinajstić information content (AvgIpc) is 2.59. The molecule has 0 saturated heterocycles. The van der Waals surface area contributed by atoms with Crippen molar-refractivity contribution >= 4 is 22.7 Å². The maximum Gasteiger partial charge on any atom is 0.0735 e. The van der Waals surface area contributed by atoms with E-state index in [0.29, 0.717) is 5.25 Å². The predicted octanol–water partition coefficient (Wildman–Crippen LogP) is 3.00. The first-order valence-corrected chi connectivity index (χ1v) is 6.05. The Balaban J connectivity index is 2.22. The molecule has 15 heavy (non-hydrogen) atoms. The molecule has 1 aromatic carbocycles. The molecule has 0 radical (unpaired) electrons. The summed E-state index contributed by atoms with van der Waals surface area (Å²) in [6, 6.07) is 10.7. The van der Waals surface area contributed by atoms with Crippen LogP contribution in [0.5, 0.6) is 0 Å². The maximum absolute atomic E-state index is 5.84. The van der Waals surface area contributed by atoms with Gasteiger partial charge in [0.15, 0.2) is 0 Å². The quantitative estimate of drug-likeness (QED) is 0.781. The number of hydrogen-bond acceptors (Lipinski definition) is 2. The Morgan fingerprint density at radius 3 is 2.67 bits per heavy atom. The molecule has 1 heterocycles. The fourth-order valence-electron chi connectivity index (χ4n) is 1.42. The van der Waals surface area contributed by atoms with E-state index in [4.69, 9.17) is 5.73 Å². The lowest BCUT2D eigenvalue weighted by Crippen LogP contribution is -2.26. The normalized spacial score (nSPS) is 15.4. The number of aromatic amines is 1. The third-order valence-corrected chi connectivity index (χ3v) is 3.83. The molecule has 2 atom stereocenters. The van der Waals surface area contributed by atoms with Gasteiger partial charge < -0.3 is 10.7 Å². The fourth-order valence-corrected chi connectivity index (χ4v) is 2.40. The van der Waals surface area contributed by atoms with Crippen molar-refractivity contribution in [3.05, 3.63) is 30.3 Å². The van der Waals surface area contributed by atoms with Crippen molar-refractivity contribution in [2.75, 3.05) is 0 Å². The first-order valence-electron chi connectivity index (χ1n) is 5.17. The number of fused-ring (bicyclic) bond motifs is 1. The summed E-state index contributed by atoms with van der Waals surface area (Å²) in [5.74, 6) is 0. The number of para-hydroxylation sites is 1. The van der Waals surface area contributed by atoms with Crippen LogP contribution in [0.3, 0.4) is 0 Å². The highest BCUT2D eigenvalue weighted by atomic mass is 32.2. The monoisotopic (exact) mass is 220 g/mol. The second-order valence-electron chi connectivity index (χ2n) is 3.90. The molecule has 2 rings (SSSR count). The molecule has 0 aliphatic rings. The van der Waals surface area contributed by atoms with Crippen LogP contribution in [0.25, 0.3) is 10.9 Å². The van der Waals surface area contributed by atoms with Crippen LogP contribution < -0.4 is 5.73 Å². The minimum absolute atomic E-state index is 0.210. The summed E-state index contributed by atoms with van der Waals surface area (Å²) < 4.78 is 0. The standard InChI is InChI=1S/C12H16N2S/c1-8(13)9(2)15-12-7-10-5-3-4-6-11(10)14-12/h3-9,14H,13H2,1-2H3. The van der Waals surface area contributed by atoms with Crippen molar-refractivity contribution in [1.29, 1.82) is 0 Å². The van der Waals surface area contributed by atoms with E-state index in [2.05, 4.69) is 36.2 Å². The van der Waals surface area contributed by atoms with E-state index in [0.717, 1.165) is 0 Å². The van der Waals surface area contributed by atoms with Crippen LogP contribution in [-0.4, -0.2) is 16.3 Å². The second-order valence-corrected chi connectivity index (χ2v) is 5.32. The molecule has 0 saturated carbocycles. The lowest BCUT2D eigenvalue weighted by molar-refractivity contribution is 0.730. The maximum atomic E-state index is 5.84. The predicted molar refractivity (Wildman–Crippen MR) is 67.3 cm³/mol. The van der Waals surface area contributed by atoms with Crippen LogP contribution in [0.2, 0.25) is 0 Å². The number of nitrogens with two attached hydrogens (primary N) is 1. The Morgan fingerprint density at radius 1 is 1.27 bits per heavy atom. The molecule has 2 aromatic rings. The van der Waals surface area contributed by atoms with Gasteiger partial charge in [0, 0.05) is 22.2 Å². The zero-order valence-corrected chi connectivity index (χ0v) is 9.84. The summed E-state index contributed by atoms with van der Waals surface area (Å²) in [4.78, 5) is 3.39. The van der Waals surface area contributed by atoms with E-state index in [9.17, 15) is 0 Å². The Kier molecular flexibility index (Phi) is 3.03. The highest BCUT2D eigenvalue weighted by molar-refractivity contribution is 7.99. The van der Waals surface area contributed by atoms with Crippen molar-refractivity contribution in [3.8, 4) is 0 Å². The molecule has 80 valence electrons.